The first-order valence-corrected chi connectivity index (χ1v) is 7.55. The molecule has 0 spiro atoms. The number of ether oxygens (including phenoxy) is 1. The number of aliphatic hydroxyl groups excluding tert-OH is 1. The van der Waals surface area contributed by atoms with Gasteiger partial charge >= 0.3 is 0 Å². The Morgan fingerprint density at radius 3 is 2.52 bits per heavy atom. The van der Waals surface area contributed by atoms with Crippen LogP contribution in [0.4, 0.5) is 5.69 Å². The number of hydrogen-bond acceptors (Lipinski definition) is 5. The van der Waals surface area contributed by atoms with Crippen molar-refractivity contribution in [2.75, 3.05) is 18.1 Å². The lowest BCUT2D eigenvalue weighted by molar-refractivity contribution is 0.305. The molecule has 0 bridgehead atoms. The highest BCUT2D eigenvalue weighted by Gasteiger charge is 2.14. The van der Waals surface area contributed by atoms with Crippen molar-refractivity contribution < 1.29 is 9.84 Å². The van der Waals surface area contributed by atoms with E-state index < -0.39 is 0 Å². The van der Waals surface area contributed by atoms with E-state index in [2.05, 4.69) is 9.97 Å². The minimum atomic E-state index is -0.0262. The number of nitrogens with zero attached hydrogens (tertiary/aromatic N) is 3. The van der Waals surface area contributed by atoms with E-state index in [1.165, 1.54) is 0 Å². The first kappa shape index (κ1) is 15.3. The first-order chi connectivity index (χ1) is 11.3. The Bertz CT molecular complexity index is 811. The Kier molecular flexibility index (Phi) is 4.75. The molecule has 0 saturated carbocycles. The van der Waals surface area contributed by atoms with Crippen molar-refractivity contribution in [1.29, 1.82) is 0 Å². The molecule has 5 nitrogen and oxygen atoms in total. The van der Waals surface area contributed by atoms with E-state index >= 15 is 0 Å². The van der Waals surface area contributed by atoms with Crippen LogP contribution in [0.2, 0.25) is 0 Å². The number of fused-ring (bicyclic) bond motifs is 1. The van der Waals surface area contributed by atoms with Crippen LogP contribution in [0.3, 0.4) is 0 Å². The zero-order valence-electron chi connectivity index (χ0n) is 12.3. The lowest BCUT2D eigenvalue weighted by Crippen LogP contribution is -2.35. The van der Waals surface area contributed by atoms with Gasteiger partial charge in [0.15, 0.2) is 0 Å². The number of anilines is 1. The molecule has 2 aromatic carbocycles. The molecule has 0 radical (unpaired) electrons. The van der Waals surface area contributed by atoms with Crippen molar-refractivity contribution in [3.05, 3.63) is 60.9 Å². The summed E-state index contributed by atoms with van der Waals surface area (Å²) >= 11 is 5.38. The number of benzene rings is 2. The fraction of sp³-hybridized carbons (Fsp3) is 0.118. The number of aromatic nitrogens is 2. The third-order valence-corrected chi connectivity index (χ3v) is 3.56. The normalized spacial score (nSPS) is 10.5. The van der Waals surface area contributed by atoms with Crippen molar-refractivity contribution in [2.24, 2.45) is 0 Å². The summed E-state index contributed by atoms with van der Waals surface area (Å²) in [5.74, 6) is 0.585. The first-order valence-electron chi connectivity index (χ1n) is 7.14. The van der Waals surface area contributed by atoms with E-state index in [0.29, 0.717) is 12.3 Å². The highest BCUT2D eigenvalue weighted by molar-refractivity contribution is 7.80. The van der Waals surface area contributed by atoms with Gasteiger partial charge in [0.25, 0.3) is 5.17 Å². The predicted molar refractivity (Wildman–Crippen MR) is 93.6 cm³/mol. The van der Waals surface area contributed by atoms with Crippen LogP contribution < -0.4 is 9.64 Å². The minimum absolute atomic E-state index is 0.0262. The molecule has 0 unspecified atom stereocenters. The van der Waals surface area contributed by atoms with Gasteiger partial charge in [-0.15, -0.1) is 0 Å². The SMILES string of the molecule is OCCN(C(=S)Oc1ccc2nccnc2c1)c1ccccc1. The van der Waals surface area contributed by atoms with E-state index in [9.17, 15) is 5.11 Å². The Labute approximate surface area is 139 Å². The van der Waals surface area contributed by atoms with Gasteiger partial charge < -0.3 is 14.7 Å². The third-order valence-electron chi connectivity index (χ3n) is 3.26. The van der Waals surface area contributed by atoms with Gasteiger partial charge in [0, 0.05) is 24.1 Å². The van der Waals surface area contributed by atoms with E-state index in [0.717, 1.165) is 16.7 Å². The van der Waals surface area contributed by atoms with Crippen molar-refractivity contribution in [3.8, 4) is 5.75 Å². The van der Waals surface area contributed by atoms with E-state index in [-0.39, 0.29) is 11.8 Å². The smallest absolute Gasteiger partial charge is 0.269 e. The Balaban J connectivity index is 1.82. The zero-order valence-corrected chi connectivity index (χ0v) is 13.1. The van der Waals surface area contributed by atoms with Gasteiger partial charge in [-0.2, -0.15) is 0 Å². The van der Waals surface area contributed by atoms with Gasteiger partial charge in [-0.25, -0.2) is 0 Å². The highest BCUT2D eigenvalue weighted by Crippen LogP contribution is 2.20. The Morgan fingerprint density at radius 2 is 1.78 bits per heavy atom. The average molecular weight is 325 g/mol. The molecular weight excluding hydrogens is 310 g/mol. The molecule has 0 saturated heterocycles. The fourth-order valence-electron chi connectivity index (χ4n) is 2.20. The van der Waals surface area contributed by atoms with Gasteiger partial charge in [0.05, 0.1) is 24.2 Å². The van der Waals surface area contributed by atoms with E-state index in [1.807, 2.05) is 36.4 Å². The lowest BCUT2D eigenvalue weighted by atomic mass is 10.3. The van der Waals surface area contributed by atoms with Crippen molar-refractivity contribution in [1.82, 2.24) is 9.97 Å². The Morgan fingerprint density at radius 1 is 1.04 bits per heavy atom. The molecule has 0 aliphatic carbocycles. The van der Waals surface area contributed by atoms with E-state index in [4.69, 9.17) is 17.0 Å². The molecule has 3 rings (SSSR count). The summed E-state index contributed by atoms with van der Waals surface area (Å²) in [6.45, 7) is 0.331. The highest BCUT2D eigenvalue weighted by atomic mass is 32.1. The van der Waals surface area contributed by atoms with E-state index in [1.54, 1.807) is 29.4 Å². The summed E-state index contributed by atoms with van der Waals surface area (Å²) in [6, 6.07) is 15.0. The van der Waals surface area contributed by atoms with Crippen molar-refractivity contribution >= 4 is 34.1 Å². The van der Waals surface area contributed by atoms with Gasteiger partial charge in [0.2, 0.25) is 0 Å². The number of thiocarbonyl (C=S) groups is 1. The molecule has 6 heteroatoms. The molecule has 116 valence electrons. The Hall–Kier alpha value is -2.57. The largest absolute Gasteiger partial charge is 0.431 e. The fourth-order valence-corrected chi connectivity index (χ4v) is 2.49. The van der Waals surface area contributed by atoms with Crippen LogP contribution in [0.5, 0.6) is 5.75 Å². The number of hydrogen-bond donors (Lipinski definition) is 1. The number of rotatable bonds is 4. The van der Waals surface area contributed by atoms with Crippen LogP contribution in [0.15, 0.2) is 60.9 Å². The van der Waals surface area contributed by atoms with Crippen LogP contribution >= 0.6 is 12.2 Å². The van der Waals surface area contributed by atoms with Gasteiger partial charge in [-0.1, -0.05) is 18.2 Å². The van der Waals surface area contributed by atoms with Gasteiger partial charge in [0.1, 0.15) is 5.75 Å². The van der Waals surface area contributed by atoms with Crippen LogP contribution in [-0.2, 0) is 0 Å². The maximum absolute atomic E-state index is 9.28. The predicted octanol–water partition coefficient (Wildman–Crippen LogP) is 2.79. The second-order valence-electron chi connectivity index (χ2n) is 4.79. The summed E-state index contributed by atoms with van der Waals surface area (Å²) in [5.41, 5.74) is 2.40. The summed E-state index contributed by atoms with van der Waals surface area (Å²) in [4.78, 5) is 10.2. The minimum Gasteiger partial charge on any atom is -0.431 e. The monoisotopic (exact) mass is 325 g/mol. The van der Waals surface area contributed by atoms with Gasteiger partial charge in [-0.3, -0.25) is 9.97 Å². The molecule has 0 amide bonds. The molecule has 0 atom stereocenters. The van der Waals surface area contributed by atoms with Crippen LogP contribution in [-0.4, -0.2) is 33.4 Å². The zero-order chi connectivity index (χ0) is 16.1. The molecule has 0 aliphatic heterocycles. The molecule has 1 heterocycles. The summed E-state index contributed by atoms with van der Waals surface area (Å²) in [5, 5.41) is 9.55. The second-order valence-corrected chi connectivity index (χ2v) is 5.13. The molecule has 0 aliphatic rings. The molecule has 3 aromatic rings. The summed E-state index contributed by atoms with van der Waals surface area (Å²) in [6.07, 6.45) is 3.28. The molecule has 0 fully saturated rings. The number of aliphatic hydroxyl groups is 1. The van der Waals surface area contributed by atoms with Crippen molar-refractivity contribution in [2.45, 2.75) is 0 Å². The third kappa shape index (κ3) is 3.61. The maximum Gasteiger partial charge on any atom is 0.269 e. The van der Waals surface area contributed by atoms with Gasteiger partial charge in [-0.05, 0) is 36.5 Å². The average Bonchev–Trinajstić information content (AvgIpc) is 2.60. The van der Waals surface area contributed by atoms with Crippen LogP contribution in [0.1, 0.15) is 0 Å². The summed E-state index contributed by atoms with van der Waals surface area (Å²) in [7, 11) is 0. The standard InChI is InChI=1S/C17H15N3O2S/c21-11-10-20(13-4-2-1-3-5-13)17(23)22-14-6-7-15-16(12-14)19-9-8-18-15/h1-9,12,21H,10-11H2. The number of para-hydroxylation sites is 1. The van der Waals surface area contributed by atoms with Crippen LogP contribution in [0, 0.1) is 0 Å². The lowest BCUT2D eigenvalue weighted by Gasteiger charge is -2.23. The quantitative estimate of drug-likeness (QED) is 0.745. The molecule has 1 aromatic heterocycles. The molecular formula is C17H15N3O2S. The summed E-state index contributed by atoms with van der Waals surface area (Å²) < 4.78 is 5.77. The maximum atomic E-state index is 9.28. The molecule has 23 heavy (non-hydrogen) atoms. The topological polar surface area (TPSA) is 58.5 Å². The van der Waals surface area contributed by atoms with Crippen molar-refractivity contribution in [3.63, 3.8) is 0 Å². The van der Waals surface area contributed by atoms with Crippen LogP contribution in [0.25, 0.3) is 11.0 Å². The molecule has 1 N–H and O–H groups in total. The second kappa shape index (κ2) is 7.13.